The second-order valence-electron chi connectivity index (χ2n) is 9.19. The highest BCUT2D eigenvalue weighted by Crippen LogP contribution is 2.40. The lowest BCUT2D eigenvalue weighted by molar-refractivity contribution is 0.434. The van der Waals surface area contributed by atoms with Crippen LogP contribution in [0.15, 0.2) is 30.3 Å². The van der Waals surface area contributed by atoms with Crippen LogP contribution in [0, 0.1) is 18.7 Å². The zero-order valence-corrected chi connectivity index (χ0v) is 19.3. The minimum Gasteiger partial charge on any atom is -0.361 e. The molecule has 0 bridgehead atoms. The first-order valence-corrected chi connectivity index (χ1v) is 11.8. The third-order valence-corrected chi connectivity index (χ3v) is 6.90. The Kier molecular flexibility index (Phi) is 6.70. The highest BCUT2D eigenvalue weighted by atomic mass is 32.1. The third kappa shape index (κ3) is 5.32. The number of aromatic nitrogens is 2. The Morgan fingerprint density at radius 3 is 2.65 bits per heavy atom. The Morgan fingerprint density at radius 2 is 1.94 bits per heavy atom. The second kappa shape index (κ2) is 9.47. The number of hydrogen-bond acceptors (Lipinski definition) is 4. The molecule has 2 aliphatic rings. The van der Waals surface area contributed by atoms with E-state index in [-0.39, 0.29) is 11.2 Å². The number of piperidine rings is 1. The molecule has 1 atom stereocenters. The van der Waals surface area contributed by atoms with Crippen molar-refractivity contribution in [1.82, 2.24) is 15.3 Å². The number of hydrogen-bond donors (Lipinski definition) is 2. The smallest absolute Gasteiger partial charge is 0.231 e. The van der Waals surface area contributed by atoms with E-state index >= 15 is 0 Å². The summed E-state index contributed by atoms with van der Waals surface area (Å²) in [5.41, 5.74) is 2.09. The summed E-state index contributed by atoms with van der Waals surface area (Å²) in [6.07, 6.45) is 6.97. The summed E-state index contributed by atoms with van der Waals surface area (Å²) in [5.74, 6) is 1.98. The Labute approximate surface area is 189 Å². The number of benzene rings is 1. The summed E-state index contributed by atoms with van der Waals surface area (Å²) in [6, 6.07) is 8.97. The fourth-order valence-corrected chi connectivity index (χ4v) is 5.15. The molecule has 2 N–H and O–H groups in total. The van der Waals surface area contributed by atoms with Crippen LogP contribution in [-0.2, 0) is 5.41 Å². The molecule has 166 valence electrons. The van der Waals surface area contributed by atoms with Crippen LogP contribution in [0.3, 0.4) is 0 Å². The van der Waals surface area contributed by atoms with Crippen LogP contribution < -0.4 is 15.5 Å². The van der Waals surface area contributed by atoms with Gasteiger partial charge >= 0.3 is 0 Å². The Hall–Kier alpha value is -2.28. The summed E-state index contributed by atoms with van der Waals surface area (Å²) in [5, 5.41) is 7.10. The maximum absolute atomic E-state index is 13.4. The number of aryl methyl sites for hydroxylation is 1. The van der Waals surface area contributed by atoms with Crippen molar-refractivity contribution in [3.05, 3.63) is 47.4 Å². The van der Waals surface area contributed by atoms with E-state index in [4.69, 9.17) is 17.2 Å². The van der Waals surface area contributed by atoms with E-state index in [1.165, 1.54) is 31.2 Å². The van der Waals surface area contributed by atoms with Crippen molar-refractivity contribution in [3.8, 4) is 0 Å². The van der Waals surface area contributed by atoms with Gasteiger partial charge in [-0.3, -0.25) is 0 Å². The van der Waals surface area contributed by atoms with Crippen molar-refractivity contribution in [1.29, 1.82) is 0 Å². The first kappa shape index (κ1) is 21.9. The van der Waals surface area contributed by atoms with Gasteiger partial charge in [-0.05, 0) is 68.4 Å². The molecule has 0 amide bonds. The zero-order valence-electron chi connectivity index (χ0n) is 18.5. The van der Waals surface area contributed by atoms with Gasteiger partial charge in [-0.1, -0.05) is 31.9 Å². The Morgan fingerprint density at radius 1 is 1.19 bits per heavy atom. The lowest BCUT2D eigenvalue weighted by Gasteiger charge is -2.32. The zero-order chi connectivity index (χ0) is 21.8. The topological polar surface area (TPSA) is 53.1 Å². The highest BCUT2D eigenvalue weighted by Gasteiger charge is 2.35. The fourth-order valence-electron chi connectivity index (χ4n) is 4.99. The van der Waals surface area contributed by atoms with E-state index in [9.17, 15) is 4.39 Å². The monoisotopic (exact) mass is 441 g/mol. The number of nitrogens with one attached hydrogen (secondary N) is 2. The van der Waals surface area contributed by atoms with Crippen LogP contribution >= 0.6 is 12.2 Å². The van der Waals surface area contributed by atoms with Gasteiger partial charge in [-0.25, -0.2) is 9.37 Å². The van der Waals surface area contributed by atoms with Crippen LogP contribution in [0.25, 0.3) is 0 Å². The van der Waals surface area contributed by atoms with Gasteiger partial charge < -0.3 is 15.5 Å². The molecule has 1 aliphatic heterocycles. The van der Waals surface area contributed by atoms with Gasteiger partial charge in [0.25, 0.3) is 0 Å². The average molecular weight is 442 g/mol. The van der Waals surface area contributed by atoms with Crippen LogP contribution in [0.5, 0.6) is 0 Å². The maximum Gasteiger partial charge on any atom is 0.231 e. The standard InChI is InChI=1S/C24H32FN5S/c1-17-6-5-13-30(15-17)21-14-18(2)27-22(28-21)29-23(31)26-16-24(11-3-4-12-24)19-7-9-20(25)10-8-19/h7-10,14,17H,3-6,11-13,15-16H2,1-2H3,(H2,26,27,28,29,31). The van der Waals surface area contributed by atoms with Crippen molar-refractivity contribution in [2.75, 3.05) is 29.9 Å². The van der Waals surface area contributed by atoms with Crippen molar-refractivity contribution in [2.24, 2.45) is 5.92 Å². The third-order valence-electron chi connectivity index (χ3n) is 6.65. The number of rotatable bonds is 5. The second-order valence-corrected chi connectivity index (χ2v) is 9.59. The molecule has 2 fully saturated rings. The van der Waals surface area contributed by atoms with Crippen LogP contribution in [0.1, 0.15) is 56.7 Å². The van der Waals surface area contributed by atoms with Gasteiger partial charge in [0.05, 0.1) is 0 Å². The van der Waals surface area contributed by atoms with Gasteiger partial charge in [0.15, 0.2) is 5.11 Å². The van der Waals surface area contributed by atoms with Gasteiger partial charge in [-0.15, -0.1) is 0 Å². The maximum atomic E-state index is 13.4. The molecule has 1 aromatic heterocycles. The molecule has 2 aromatic rings. The van der Waals surface area contributed by atoms with Crippen molar-refractivity contribution in [3.63, 3.8) is 0 Å². The normalized spacial score (nSPS) is 20.5. The van der Waals surface area contributed by atoms with Gasteiger partial charge in [0.2, 0.25) is 5.95 Å². The molecule has 5 nitrogen and oxygen atoms in total. The highest BCUT2D eigenvalue weighted by molar-refractivity contribution is 7.80. The molecule has 1 aliphatic carbocycles. The van der Waals surface area contributed by atoms with Crippen molar-refractivity contribution in [2.45, 2.75) is 57.8 Å². The fraction of sp³-hybridized carbons (Fsp3) is 0.542. The molecule has 0 spiro atoms. The molecular weight excluding hydrogens is 409 g/mol. The summed E-state index contributed by atoms with van der Waals surface area (Å²) < 4.78 is 13.4. The van der Waals surface area contributed by atoms with E-state index in [0.29, 0.717) is 23.5 Å². The lowest BCUT2D eigenvalue weighted by atomic mass is 9.79. The molecule has 31 heavy (non-hydrogen) atoms. The molecule has 1 aromatic carbocycles. The van der Waals surface area contributed by atoms with Gasteiger partial charge in [0, 0.05) is 36.8 Å². The minimum atomic E-state index is -0.197. The minimum absolute atomic E-state index is 0.0119. The van der Waals surface area contributed by atoms with E-state index in [2.05, 4.69) is 27.4 Å². The Balaban J connectivity index is 1.42. The summed E-state index contributed by atoms with van der Waals surface area (Å²) in [4.78, 5) is 11.6. The molecule has 1 saturated heterocycles. The first-order valence-electron chi connectivity index (χ1n) is 11.4. The molecule has 1 unspecified atom stereocenters. The van der Waals surface area contributed by atoms with Gasteiger partial charge in [-0.2, -0.15) is 4.98 Å². The van der Waals surface area contributed by atoms with Crippen molar-refractivity contribution < 1.29 is 4.39 Å². The molecule has 1 saturated carbocycles. The van der Waals surface area contributed by atoms with Crippen LogP contribution in [0.4, 0.5) is 16.2 Å². The van der Waals surface area contributed by atoms with E-state index in [1.54, 1.807) is 12.1 Å². The molecule has 7 heteroatoms. The lowest BCUT2D eigenvalue weighted by Crippen LogP contribution is -2.41. The number of anilines is 2. The average Bonchev–Trinajstić information content (AvgIpc) is 3.22. The molecular formula is C24H32FN5S. The quantitative estimate of drug-likeness (QED) is 0.640. The number of nitrogens with zero attached hydrogens (tertiary/aromatic N) is 3. The first-order chi connectivity index (χ1) is 14.9. The Bertz CT molecular complexity index is 911. The summed E-state index contributed by atoms with van der Waals surface area (Å²) in [6.45, 7) is 7.05. The SMILES string of the molecule is Cc1cc(N2CCCC(C)C2)nc(NC(=S)NCC2(c3ccc(F)cc3)CCCC2)n1. The van der Waals surface area contributed by atoms with E-state index < -0.39 is 0 Å². The summed E-state index contributed by atoms with van der Waals surface area (Å²) >= 11 is 5.58. The van der Waals surface area contributed by atoms with Gasteiger partial charge in [0.1, 0.15) is 11.6 Å². The number of thiocarbonyl (C=S) groups is 1. The van der Waals surface area contributed by atoms with Crippen LogP contribution in [0.2, 0.25) is 0 Å². The summed E-state index contributed by atoms with van der Waals surface area (Å²) in [7, 11) is 0. The van der Waals surface area contributed by atoms with E-state index in [0.717, 1.165) is 37.4 Å². The molecule has 2 heterocycles. The largest absolute Gasteiger partial charge is 0.361 e. The van der Waals surface area contributed by atoms with E-state index in [1.807, 2.05) is 25.1 Å². The van der Waals surface area contributed by atoms with Crippen molar-refractivity contribution >= 4 is 29.1 Å². The van der Waals surface area contributed by atoms with Crippen LogP contribution in [-0.4, -0.2) is 34.7 Å². The predicted molar refractivity (Wildman–Crippen MR) is 128 cm³/mol. The molecule has 0 radical (unpaired) electrons. The molecule has 4 rings (SSSR count). The predicted octanol–water partition coefficient (Wildman–Crippen LogP) is 4.96. The number of halogens is 1.